The van der Waals surface area contributed by atoms with Crippen molar-refractivity contribution < 1.29 is 23.4 Å². The maximum Gasteiger partial charge on any atom is 0.203 e. The minimum Gasteiger partial charge on any atom is -0.485 e. The van der Waals surface area contributed by atoms with Gasteiger partial charge in [-0.3, -0.25) is 4.79 Å². The zero-order chi connectivity index (χ0) is 14.5. The van der Waals surface area contributed by atoms with Crippen LogP contribution < -0.4 is 4.74 Å². The van der Waals surface area contributed by atoms with E-state index in [1.807, 2.05) is 0 Å². The number of rotatable bonds is 5. The zero-order valence-electron chi connectivity index (χ0n) is 10.5. The van der Waals surface area contributed by atoms with Crippen molar-refractivity contribution in [3.8, 4) is 5.75 Å². The summed E-state index contributed by atoms with van der Waals surface area (Å²) >= 11 is 0. The van der Waals surface area contributed by atoms with Crippen LogP contribution in [0.2, 0.25) is 0 Å². The van der Waals surface area contributed by atoms with Crippen LogP contribution in [0, 0.1) is 11.6 Å². The molecule has 0 aliphatic carbocycles. The average Bonchev–Trinajstić information content (AvgIpc) is 2.47. The summed E-state index contributed by atoms with van der Waals surface area (Å²) in [7, 11) is 0. The number of carbonyl (C=O) groups is 1. The molecule has 104 valence electrons. The van der Waals surface area contributed by atoms with Crippen LogP contribution in [0.15, 0.2) is 42.5 Å². The number of aliphatic hydroxyl groups is 1. The molecular weight excluding hydrogens is 266 g/mol. The fraction of sp³-hybridized carbons (Fsp3) is 0.133. The second-order valence-electron chi connectivity index (χ2n) is 4.14. The summed E-state index contributed by atoms with van der Waals surface area (Å²) < 4.78 is 31.5. The molecule has 0 atom stereocenters. The lowest BCUT2D eigenvalue weighted by Gasteiger charge is -2.07. The number of ketones is 1. The van der Waals surface area contributed by atoms with Gasteiger partial charge in [-0.2, -0.15) is 0 Å². The third kappa shape index (κ3) is 3.39. The molecule has 0 saturated heterocycles. The van der Waals surface area contributed by atoms with Crippen molar-refractivity contribution in [3.63, 3.8) is 0 Å². The minimum atomic E-state index is -0.782. The van der Waals surface area contributed by atoms with Gasteiger partial charge in [0.05, 0.1) is 12.2 Å². The monoisotopic (exact) mass is 278 g/mol. The lowest BCUT2D eigenvalue weighted by molar-refractivity contribution is 0.0917. The number of Topliss-reactive ketones (excluding diaryl/α,β-unsaturated/α-hetero) is 1. The first-order chi connectivity index (χ1) is 9.60. The van der Waals surface area contributed by atoms with E-state index in [9.17, 15) is 13.6 Å². The molecule has 20 heavy (non-hydrogen) atoms. The van der Waals surface area contributed by atoms with Crippen molar-refractivity contribution in [2.45, 2.75) is 6.61 Å². The van der Waals surface area contributed by atoms with E-state index < -0.39 is 24.0 Å². The Morgan fingerprint density at radius 2 is 1.80 bits per heavy atom. The van der Waals surface area contributed by atoms with E-state index in [-0.39, 0.29) is 12.2 Å². The van der Waals surface area contributed by atoms with Crippen LogP contribution in [0.5, 0.6) is 5.75 Å². The number of carbonyl (C=O) groups excluding carboxylic acids is 1. The first kappa shape index (κ1) is 14.1. The first-order valence-electron chi connectivity index (χ1n) is 5.91. The van der Waals surface area contributed by atoms with Crippen LogP contribution in [0.25, 0.3) is 0 Å². The predicted octanol–water partition coefficient (Wildman–Crippen LogP) is 2.72. The summed E-state index contributed by atoms with van der Waals surface area (Å²) in [5.41, 5.74) is 0.372. The van der Waals surface area contributed by atoms with Gasteiger partial charge in [-0.1, -0.05) is 12.1 Å². The highest BCUT2D eigenvalue weighted by molar-refractivity contribution is 5.97. The van der Waals surface area contributed by atoms with Gasteiger partial charge in [-0.15, -0.1) is 0 Å². The molecule has 3 nitrogen and oxygen atoms in total. The summed E-state index contributed by atoms with van der Waals surface area (Å²) in [6.45, 7) is -0.480. The molecule has 0 bridgehead atoms. The second-order valence-corrected chi connectivity index (χ2v) is 4.14. The zero-order valence-corrected chi connectivity index (χ0v) is 10.5. The highest BCUT2D eigenvalue weighted by Gasteiger charge is 2.13. The summed E-state index contributed by atoms with van der Waals surface area (Å²) in [6, 6.07) is 9.14. The number of aliphatic hydroxyl groups excluding tert-OH is 1. The molecular formula is C15H12F2O3. The van der Waals surface area contributed by atoms with E-state index >= 15 is 0 Å². The van der Waals surface area contributed by atoms with Gasteiger partial charge in [0.25, 0.3) is 0 Å². The molecule has 0 aliphatic heterocycles. The van der Waals surface area contributed by atoms with E-state index in [0.29, 0.717) is 11.3 Å². The standard InChI is InChI=1S/C15H12F2O3/c16-11-3-6-14(17)13(7-11)15(19)9-20-12-4-1-10(8-18)2-5-12/h1-7,18H,8-9H2. The third-order valence-electron chi connectivity index (χ3n) is 2.70. The van der Waals surface area contributed by atoms with Crippen LogP contribution >= 0.6 is 0 Å². The van der Waals surface area contributed by atoms with Crippen LogP contribution in [0.3, 0.4) is 0 Å². The predicted molar refractivity (Wildman–Crippen MR) is 68.5 cm³/mol. The van der Waals surface area contributed by atoms with Crippen LogP contribution in [0.4, 0.5) is 8.78 Å². The third-order valence-corrected chi connectivity index (χ3v) is 2.70. The van der Waals surface area contributed by atoms with Crippen LogP contribution in [0.1, 0.15) is 15.9 Å². The molecule has 0 aromatic heterocycles. The van der Waals surface area contributed by atoms with Crippen LogP contribution in [-0.4, -0.2) is 17.5 Å². The molecule has 2 rings (SSSR count). The van der Waals surface area contributed by atoms with Gasteiger partial charge in [0.1, 0.15) is 17.4 Å². The topological polar surface area (TPSA) is 46.5 Å². The first-order valence-corrected chi connectivity index (χ1v) is 5.91. The van der Waals surface area contributed by atoms with Crippen molar-refractivity contribution in [1.29, 1.82) is 0 Å². The summed E-state index contributed by atoms with van der Waals surface area (Å²) in [5, 5.41) is 8.88. The van der Waals surface area contributed by atoms with Gasteiger partial charge >= 0.3 is 0 Å². The smallest absolute Gasteiger partial charge is 0.203 e. The molecule has 0 heterocycles. The van der Waals surface area contributed by atoms with E-state index in [1.54, 1.807) is 24.3 Å². The van der Waals surface area contributed by atoms with Gasteiger partial charge < -0.3 is 9.84 Å². The Labute approximate surface area is 114 Å². The highest BCUT2D eigenvalue weighted by Crippen LogP contribution is 2.14. The molecule has 0 aliphatic rings. The van der Waals surface area contributed by atoms with Crippen molar-refractivity contribution >= 4 is 5.78 Å². The SMILES string of the molecule is O=C(COc1ccc(CO)cc1)c1cc(F)ccc1F. The Hall–Kier alpha value is -2.27. The molecule has 0 radical (unpaired) electrons. The highest BCUT2D eigenvalue weighted by atomic mass is 19.1. The van der Waals surface area contributed by atoms with Gasteiger partial charge in [0.15, 0.2) is 6.61 Å². The average molecular weight is 278 g/mol. The molecule has 0 spiro atoms. The molecule has 0 amide bonds. The van der Waals surface area contributed by atoms with Crippen LogP contribution in [-0.2, 0) is 6.61 Å². The maximum atomic E-state index is 13.4. The van der Waals surface area contributed by atoms with Gasteiger partial charge in [-0.05, 0) is 35.9 Å². The Morgan fingerprint density at radius 1 is 1.10 bits per heavy atom. The molecule has 1 N–H and O–H groups in total. The number of benzene rings is 2. The lowest BCUT2D eigenvalue weighted by atomic mass is 10.1. The lowest BCUT2D eigenvalue weighted by Crippen LogP contribution is -2.13. The summed E-state index contributed by atoms with van der Waals surface area (Å²) in [5.74, 6) is -1.70. The van der Waals surface area contributed by atoms with Gasteiger partial charge in [0.2, 0.25) is 5.78 Å². The fourth-order valence-corrected chi connectivity index (χ4v) is 1.63. The van der Waals surface area contributed by atoms with E-state index in [2.05, 4.69) is 0 Å². The normalized spacial score (nSPS) is 10.3. The number of halogens is 2. The quantitative estimate of drug-likeness (QED) is 0.855. The molecule has 0 saturated carbocycles. The van der Waals surface area contributed by atoms with E-state index in [0.717, 1.165) is 18.2 Å². The van der Waals surface area contributed by atoms with Gasteiger partial charge in [0, 0.05) is 0 Å². The summed E-state index contributed by atoms with van der Waals surface area (Å²) in [4.78, 5) is 11.7. The number of ether oxygens (including phenoxy) is 1. The Balaban J connectivity index is 2.02. The Bertz CT molecular complexity index is 609. The van der Waals surface area contributed by atoms with Crippen molar-refractivity contribution in [1.82, 2.24) is 0 Å². The molecule has 5 heteroatoms. The minimum absolute atomic E-state index is 0.0896. The second kappa shape index (κ2) is 6.25. The number of hydrogen-bond acceptors (Lipinski definition) is 3. The van der Waals surface area contributed by atoms with Crippen molar-refractivity contribution in [2.75, 3.05) is 6.61 Å². The van der Waals surface area contributed by atoms with Gasteiger partial charge in [-0.25, -0.2) is 8.78 Å². The molecule has 0 fully saturated rings. The van der Waals surface area contributed by atoms with Crippen molar-refractivity contribution in [3.05, 3.63) is 65.2 Å². The Morgan fingerprint density at radius 3 is 2.45 bits per heavy atom. The van der Waals surface area contributed by atoms with Crippen molar-refractivity contribution in [2.24, 2.45) is 0 Å². The van der Waals surface area contributed by atoms with E-state index in [4.69, 9.17) is 9.84 Å². The Kier molecular flexibility index (Phi) is 4.42. The summed E-state index contributed by atoms with van der Waals surface area (Å²) in [6.07, 6.45) is 0. The molecule has 0 unspecified atom stereocenters. The van der Waals surface area contributed by atoms with E-state index in [1.165, 1.54) is 0 Å². The fourth-order valence-electron chi connectivity index (χ4n) is 1.63. The maximum absolute atomic E-state index is 13.4. The largest absolute Gasteiger partial charge is 0.485 e. The molecule has 2 aromatic rings. The number of hydrogen-bond donors (Lipinski definition) is 1. The molecule has 2 aromatic carbocycles.